The third kappa shape index (κ3) is 1.41. The Morgan fingerprint density at radius 3 is 2.69 bits per heavy atom. The van der Waals surface area contributed by atoms with Crippen molar-refractivity contribution in [3.63, 3.8) is 0 Å². The third-order valence-electron chi connectivity index (χ3n) is 2.56. The van der Waals surface area contributed by atoms with Gasteiger partial charge in [-0.1, -0.05) is 12.1 Å². The first-order chi connectivity index (χ1) is 7.70. The van der Waals surface area contributed by atoms with Gasteiger partial charge in [0, 0.05) is 12.4 Å². The molecule has 1 aromatic heterocycles. The largest absolute Gasteiger partial charge is 0.338 e. The van der Waals surface area contributed by atoms with Crippen LogP contribution in [-0.4, -0.2) is 10.8 Å². The molecule has 80 valence electrons. The van der Waals surface area contributed by atoms with Crippen LogP contribution in [0.15, 0.2) is 34.1 Å². The van der Waals surface area contributed by atoms with Crippen LogP contribution in [0.2, 0.25) is 0 Å². The zero-order valence-corrected chi connectivity index (χ0v) is 9.84. The van der Waals surface area contributed by atoms with Crippen molar-refractivity contribution in [3.8, 4) is 6.07 Å². The van der Waals surface area contributed by atoms with Gasteiger partial charge in [0.15, 0.2) is 0 Å². The van der Waals surface area contributed by atoms with Gasteiger partial charge in [-0.2, -0.15) is 5.26 Å². The van der Waals surface area contributed by atoms with E-state index in [-0.39, 0.29) is 11.0 Å². The minimum atomic E-state index is -0.180. The van der Waals surface area contributed by atoms with Crippen LogP contribution in [0.5, 0.6) is 0 Å². The van der Waals surface area contributed by atoms with Gasteiger partial charge in [0.25, 0.3) is 0 Å². The van der Waals surface area contributed by atoms with E-state index in [0.717, 1.165) is 5.52 Å². The Kier molecular flexibility index (Phi) is 2.71. The number of para-hydroxylation sites is 1. The Bertz CT molecular complexity index is 652. The highest BCUT2D eigenvalue weighted by Gasteiger charge is 2.13. The maximum Gasteiger partial charge on any atom is 0.208 e. The molecule has 0 N–H and O–H groups in total. The van der Waals surface area contributed by atoms with Crippen molar-refractivity contribution < 1.29 is 0 Å². The minimum absolute atomic E-state index is 0.180. The summed E-state index contributed by atoms with van der Waals surface area (Å²) in [5, 5.41) is 10.3. The molecule has 0 aliphatic carbocycles. The molecule has 0 atom stereocenters. The van der Waals surface area contributed by atoms with Gasteiger partial charge in [-0.15, -0.1) is 11.8 Å². The highest BCUT2D eigenvalue weighted by Crippen LogP contribution is 2.21. The second-order valence-electron chi connectivity index (χ2n) is 3.40. The lowest BCUT2D eigenvalue weighted by Crippen LogP contribution is -2.14. The molecule has 0 bridgehead atoms. The van der Waals surface area contributed by atoms with Crippen molar-refractivity contribution in [2.24, 2.45) is 7.05 Å². The predicted molar refractivity (Wildman–Crippen MR) is 65.7 cm³/mol. The second-order valence-corrected chi connectivity index (χ2v) is 4.20. The lowest BCUT2D eigenvalue weighted by molar-refractivity contribution is 0.834. The van der Waals surface area contributed by atoms with E-state index in [1.807, 2.05) is 42.1 Å². The molecule has 1 aromatic carbocycles. The number of hydrogen-bond donors (Lipinski definition) is 0. The summed E-state index contributed by atoms with van der Waals surface area (Å²) in [7, 11) is 1.87. The van der Waals surface area contributed by atoms with E-state index in [0.29, 0.717) is 10.4 Å². The summed E-state index contributed by atoms with van der Waals surface area (Å²) in [5.74, 6) is 0. The Labute approximate surface area is 97.3 Å². The van der Waals surface area contributed by atoms with Gasteiger partial charge >= 0.3 is 0 Å². The maximum atomic E-state index is 12.0. The second kappa shape index (κ2) is 4.03. The first-order valence-corrected chi connectivity index (χ1v) is 5.99. The van der Waals surface area contributed by atoms with Crippen LogP contribution >= 0.6 is 11.8 Å². The van der Waals surface area contributed by atoms with E-state index < -0.39 is 0 Å². The standard InChI is InChI=1S/C12H10N2OS/c1-14-10-6-4-3-5-8(10)11(15)9(7-13)12(14)16-2/h3-6H,1-2H3. The highest BCUT2D eigenvalue weighted by molar-refractivity contribution is 7.98. The summed E-state index contributed by atoms with van der Waals surface area (Å²) in [5.41, 5.74) is 0.908. The van der Waals surface area contributed by atoms with Gasteiger partial charge in [-0.25, -0.2) is 0 Å². The smallest absolute Gasteiger partial charge is 0.208 e. The molecule has 2 rings (SSSR count). The summed E-state index contributed by atoms with van der Waals surface area (Å²) in [6.45, 7) is 0. The van der Waals surface area contributed by atoms with Crippen molar-refractivity contribution >= 4 is 22.7 Å². The van der Waals surface area contributed by atoms with Crippen molar-refractivity contribution in [2.45, 2.75) is 5.03 Å². The third-order valence-corrected chi connectivity index (χ3v) is 3.43. The highest BCUT2D eigenvalue weighted by atomic mass is 32.2. The first-order valence-electron chi connectivity index (χ1n) is 4.76. The van der Waals surface area contributed by atoms with Crippen molar-refractivity contribution in [1.29, 1.82) is 5.26 Å². The quantitative estimate of drug-likeness (QED) is 0.705. The molecule has 1 heterocycles. The molecule has 3 nitrogen and oxygen atoms in total. The van der Waals surface area contributed by atoms with Crippen LogP contribution in [0, 0.1) is 11.3 Å². The van der Waals surface area contributed by atoms with E-state index in [1.165, 1.54) is 11.8 Å². The molecule has 0 fully saturated rings. The molecular weight excluding hydrogens is 220 g/mol. The number of thioether (sulfide) groups is 1. The molecule has 0 amide bonds. The summed E-state index contributed by atoms with van der Waals surface area (Å²) in [4.78, 5) is 12.0. The van der Waals surface area contributed by atoms with Gasteiger partial charge < -0.3 is 4.57 Å². The molecule has 0 radical (unpaired) electrons. The molecule has 2 aromatic rings. The number of hydrogen-bond acceptors (Lipinski definition) is 3. The number of fused-ring (bicyclic) bond motifs is 1. The summed E-state index contributed by atoms with van der Waals surface area (Å²) < 4.78 is 1.89. The lowest BCUT2D eigenvalue weighted by Gasteiger charge is -2.11. The fraction of sp³-hybridized carbons (Fsp3) is 0.167. The van der Waals surface area contributed by atoms with Crippen LogP contribution in [0.4, 0.5) is 0 Å². The number of benzene rings is 1. The average molecular weight is 230 g/mol. The van der Waals surface area contributed by atoms with Crippen LogP contribution in [0.25, 0.3) is 10.9 Å². The summed E-state index contributed by atoms with van der Waals surface area (Å²) in [6, 6.07) is 9.33. The summed E-state index contributed by atoms with van der Waals surface area (Å²) >= 11 is 1.42. The van der Waals surface area contributed by atoms with Gasteiger partial charge in [-0.3, -0.25) is 4.79 Å². The molecule has 0 saturated carbocycles. The number of nitrogens with zero attached hydrogens (tertiary/aromatic N) is 2. The van der Waals surface area contributed by atoms with Crippen LogP contribution < -0.4 is 5.43 Å². The lowest BCUT2D eigenvalue weighted by atomic mass is 10.1. The van der Waals surface area contributed by atoms with Gasteiger partial charge in [0.1, 0.15) is 11.6 Å². The number of aromatic nitrogens is 1. The molecular formula is C12H10N2OS. The molecule has 0 aliphatic rings. The van der Waals surface area contributed by atoms with E-state index >= 15 is 0 Å². The number of nitriles is 1. The Balaban J connectivity index is 3.07. The molecule has 0 unspecified atom stereocenters. The van der Waals surface area contributed by atoms with E-state index in [4.69, 9.17) is 5.26 Å². The summed E-state index contributed by atoms with van der Waals surface area (Å²) in [6.07, 6.45) is 1.87. The predicted octanol–water partition coefficient (Wildman–Crippen LogP) is 2.13. The van der Waals surface area contributed by atoms with Crippen LogP contribution in [-0.2, 0) is 7.05 Å². The number of rotatable bonds is 1. The van der Waals surface area contributed by atoms with Gasteiger partial charge in [0.05, 0.1) is 10.5 Å². The average Bonchev–Trinajstić information content (AvgIpc) is 2.33. The number of pyridine rings is 1. The zero-order valence-electron chi connectivity index (χ0n) is 9.02. The number of aryl methyl sites for hydroxylation is 1. The monoisotopic (exact) mass is 230 g/mol. The molecule has 0 aliphatic heterocycles. The van der Waals surface area contributed by atoms with Gasteiger partial charge in [0.2, 0.25) is 5.43 Å². The van der Waals surface area contributed by atoms with E-state index in [1.54, 1.807) is 6.07 Å². The van der Waals surface area contributed by atoms with Crippen molar-refractivity contribution in [3.05, 3.63) is 40.1 Å². The first kappa shape index (κ1) is 10.8. The minimum Gasteiger partial charge on any atom is -0.338 e. The molecule has 0 saturated heterocycles. The van der Waals surface area contributed by atoms with Crippen LogP contribution in [0.3, 0.4) is 0 Å². The Morgan fingerprint density at radius 1 is 1.38 bits per heavy atom. The van der Waals surface area contributed by atoms with Crippen molar-refractivity contribution in [2.75, 3.05) is 6.26 Å². The zero-order chi connectivity index (χ0) is 11.7. The Hall–Kier alpha value is -1.73. The topological polar surface area (TPSA) is 45.8 Å². The van der Waals surface area contributed by atoms with Crippen molar-refractivity contribution in [1.82, 2.24) is 4.57 Å². The fourth-order valence-corrected chi connectivity index (χ4v) is 2.52. The Morgan fingerprint density at radius 2 is 2.06 bits per heavy atom. The molecule has 4 heteroatoms. The van der Waals surface area contributed by atoms with E-state index in [2.05, 4.69) is 0 Å². The SMILES string of the molecule is CSc1c(C#N)c(=O)c2ccccc2n1C. The maximum absolute atomic E-state index is 12.0. The van der Waals surface area contributed by atoms with E-state index in [9.17, 15) is 4.79 Å². The van der Waals surface area contributed by atoms with Crippen LogP contribution in [0.1, 0.15) is 5.56 Å². The van der Waals surface area contributed by atoms with Gasteiger partial charge in [-0.05, 0) is 18.4 Å². The molecule has 0 spiro atoms. The molecule has 16 heavy (non-hydrogen) atoms. The fourth-order valence-electron chi connectivity index (χ4n) is 1.80. The normalized spacial score (nSPS) is 10.3.